The van der Waals surface area contributed by atoms with Crippen LogP contribution in [0, 0.1) is 17.2 Å². The lowest BCUT2D eigenvalue weighted by Gasteiger charge is -2.40. The van der Waals surface area contributed by atoms with Crippen LogP contribution in [0.15, 0.2) is 24.5 Å². The maximum absolute atomic E-state index is 13.0. The van der Waals surface area contributed by atoms with Crippen molar-refractivity contribution in [1.82, 2.24) is 25.1 Å². The second-order valence-electron chi connectivity index (χ2n) is 8.96. The summed E-state index contributed by atoms with van der Waals surface area (Å²) in [6.07, 6.45) is 4.24. The zero-order valence-corrected chi connectivity index (χ0v) is 18.6. The van der Waals surface area contributed by atoms with Gasteiger partial charge in [-0.25, -0.2) is 0 Å². The molecule has 1 amide bonds. The molecule has 31 heavy (non-hydrogen) atoms. The third-order valence-corrected chi connectivity index (χ3v) is 6.54. The molecule has 8 heteroatoms. The molecule has 1 aromatic heterocycles. The van der Waals surface area contributed by atoms with Crippen molar-refractivity contribution in [3.63, 3.8) is 0 Å². The standard InChI is InChI=1S/C23H31N7O/c1-16-12-19(27-23(31)17(2)29-10-8-28(3)9-11-29)15-30(14-16)20-5-4-18(13-24)21-22(20)26-7-6-25-21/h4-7,16-17,19H,8-12,14-15H2,1-3H3,(H,27,31)/t16-,17?,19+/m0/s1. The number of rotatable bonds is 4. The number of likely N-dealkylation sites (N-methyl/N-ethyl adjacent to an activating group) is 1. The Morgan fingerprint density at radius 1 is 1.16 bits per heavy atom. The van der Waals surface area contributed by atoms with Crippen molar-refractivity contribution in [2.75, 3.05) is 51.2 Å². The van der Waals surface area contributed by atoms with Gasteiger partial charge in [0.2, 0.25) is 5.91 Å². The highest BCUT2D eigenvalue weighted by Gasteiger charge is 2.30. The first-order valence-electron chi connectivity index (χ1n) is 11.1. The fraction of sp³-hybridized carbons (Fsp3) is 0.565. The number of fused-ring (bicyclic) bond motifs is 1. The third-order valence-electron chi connectivity index (χ3n) is 6.54. The van der Waals surface area contributed by atoms with Gasteiger partial charge in [0.15, 0.2) is 0 Å². The molecule has 3 atom stereocenters. The van der Waals surface area contributed by atoms with Crippen molar-refractivity contribution in [3.05, 3.63) is 30.1 Å². The lowest BCUT2D eigenvalue weighted by Crippen LogP contribution is -2.57. The molecule has 1 unspecified atom stereocenters. The van der Waals surface area contributed by atoms with Crippen LogP contribution < -0.4 is 10.2 Å². The topological polar surface area (TPSA) is 88.4 Å². The highest BCUT2D eigenvalue weighted by molar-refractivity contribution is 5.92. The predicted octanol–water partition coefficient (Wildman–Crippen LogP) is 1.47. The molecule has 0 bridgehead atoms. The minimum atomic E-state index is -0.124. The Hall–Kier alpha value is -2.76. The van der Waals surface area contributed by atoms with Gasteiger partial charge in [-0.15, -0.1) is 0 Å². The maximum Gasteiger partial charge on any atom is 0.237 e. The molecule has 2 aliphatic heterocycles. The Bertz CT molecular complexity index is 980. The molecule has 0 radical (unpaired) electrons. The highest BCUT2D eigenvalue weighted by Crippen LogP contribution is 2.30. The van der Waals surface area contributed by atoms with Crippen molar-refractivity contribution in [1.29, 1.82) is 5.26 Å². The van der Waals surface area contributed by atoms with Crippen LogP contribution in [0.1, 0.15) is 25.8 Å². The largest absolute Gasteiger partial charge is 0.367 e. The number of carbonyl (C=O) groups is 1. The Kier molecular flexibility index (Phi) is 6.35. The number of nitrogens with one attached hydrogen (secondary N) is 1. The smallest absolute Gasteiger partial charge is 0.237 e. The summed E-state index contributed by atoms with van der Waals surface area (Å²) in [5.41, 5.74) is 2.87. The summed E-state index contributed by atoms with van der Waals surface area (Å²) >= 11 is 0. The molecular weight excluding hydrogens is 390 g/mol. The number of hydrogen-bond donors (Lipinski definition) is 1. The van der Waals surface area contributed by atoms with Crippen molar-refractivity contribution in [2.45, 2.75) is 32.4 Å². The minimum absolute atomic E-state index is 0.0773. The SMILES string of the molecule is CC(C(=O)N[C@@H]1C[C@H](C)CN(c2ccc(C#N)c3nccnc23)C1)N1CCN(C)CC1. The van der Waals surface area contributed by atoms with Crippen molar-refractivity contribution < 1.29 is 4.79 Å². The summed E-state index contributed by atoms with van der Waals surface area (Å²) in [6, 6.07) is 5.93. The summed E-state index contributed by atoms with van der Waals surface area (Å²) < 4.78 is 0. The molecule has 0 saturated carbocycles. The van der Waals surface area contributed by atoms with E-state index in [1.54, 1.807) is 12.4 Å². The van der Waals surface area contributed by atoms with Gasteiger partial charge >= 0.3 is 0 Å². The van der Waals surface area contributed by atoms with Crippen LogP contribution in [-0.4, -0.2) is 84.1 Å². The van der Waals surface area contributed by atoms with Gasteiger partial charge in [-0.3, -0.25) is 19.7 Å². The van der Waals surface area contributed by atoms with E-state index in [0.717, 1.165) is 56.9 Å². The van der Waals surface area contributed by atoms with E-state index in [1.165, 1.54) is 0 Å². The molecule has 1 N–H and O–H groups in total. The van der Waals surface area contributed by atoms with Crippen LogP contribution in [0.2, 0.25) is 0 Å². The van der Waals surface area contributed by atoms with Gasteiger partial charge in [0, 0.05) is 57.7 Å². The third kappa shape index (κ3) is 4.63. The minimum Gasteiger partial charge on any atom is -0.367 e. The first-order valence-corrected chi connectivity index (χ1v) is 11.1. The van der Waals surface area contributed by atoms with Crippen molar-refractivity contribution >= 4 is 22.6 Å². The highest BCUT2D eigenvalue weighted by atomic mass is 16.2. The van der Waals surface area contributed by atoms with Crippen LogP contribution in [0.5, 0.6) is 0 Å². The van der Waals surface area contributed by atoms with Crippen molar-refractivity contribution in [3.8, 4) is 6.07 Å². The monoisotopic (exact) mass is 421 g/mol. The quantitative estimate of drug-likeness (QED) is 0.800. The molecule has 2 saturated heterocycles. The van der Waals surface area contributed by atoms with Gasteiger partial charge in [0.25, 0.3) is 0 Å². The van der Waals surface area contributed by atoms with E-state index < -0.39 is 0 Å². The number of benzene rings is 1. The van der Waals surface area contributed by atoms with Crippen LogP contribution in [-0.2, 0) is 4.79 Å². The molecule has 0 aliphatic carbocycles. The lowest BCUT2D eigenvalue weighted by molar-refractivity contribution is -0.127. The molecule has 3 heterocycles. The zero-order valence-electron chi connectivity index (χ0n) is 18.6. The molecule has 1 aromatic carbocycles. The van der Waals surface area contributed by atoms with Gasteiger partial charge in [0.1, 0.15) is 17.1 Å². The van der Waals surface area contributed by atoms with Crippen LogP contribution >= 0.6 is 0 Å². The number of carbonyl (C=O) groups excluding carboxylic acids is 1. The summed E-state index contributed by atoms with van der Waals surface area (Å²) in [4.78, 5) is 28.7. The number of amides is 1. The Morgan fingerprint density at radius 2 is 1.87 bits per heavy atom. The Morgan fingerprint density at radius 3 is 2.58 bits per heavy atom. The first kappa shape index (κ1) is 21.5. The summed E-state index contributed by atoms with van der Waals surface area (Å²) in [6.45, 7) is 9.68. The van der Waals surface area contributed by atoms with Gasteiger partial charge in [-0.05, 0) is 38.4 Å². The summed E-state index contributed by atoms with van der Waals surface area (Å²) in [5.74, 6) is 0.536. The number of nitriles is 1. The van der Waals surface area contributed by atoms with Crippen LogP contribution in [0.25, 0.3) is 11.0 Å². The number of anilines is 1. The van der Waals surface area contributed by atoms with E-state index in [2.05, 4.69) is 50.0 Å². The molecule has 164 valence electrons. The fourth-order valence-corrected chi connectivity index (χ4v) is 4.74. The maximum atomic E-state index is 13.0. The van der Waals surface area contributed by atoms with E-state index in [9.17, 15) is 10.1 Å². The zero-order chi connectivity index (χ0) is 22.0. The van der Waals surface area contributed by atoms with E-state index in [-0.39, 0.29) is 18.0 Å². The fourth-order valence-electron chi connectivity index (χ4n) is 4.74. The molecule has 4 rings (SSSR count). The average molecular weight is 422 g/mol. The summed E-state index contributed by atoms with van der Waals surface area (Å²) in [7, 11) is 2.12. The number of piperazine rings is 1. The van der Waals surface area contributed by atoms with Gasteiger partial charge in [-0.1, -0.05) is 6.92 Å². The molecule has 8 nitrogen and oxygen atoms in total. The van der Waals surface area contributed by atoms with Crippen LogP contribution in [0.4, 0.5) is 5.69 Å². The lowest BCUT2D eigenvalue weighted by atomic mass is 9.94. The van der Waals surface area contributed by atoms with Crippen LogP contribution in [0.3, 0.4) is 0 Å². The molecule has 2 fully saturated rings. The molecule has 2 aliphatic rings. The average Bonchev–Trinajstić information content (AvgIpc) is 2.78. The van der Waals surface area contributed by atoms with E-state index in [0.29, 0.717) is 17.0 Å². The number of hydrogen-bond acceptors (Lipinski definition) is 7. The van der Waals surface area contributed by atoms with Gasteiger partial charge in [0.05, 0.1) is 17.3 Å². The predicted molar refractivity (Wildman–Crippen MR) is 121 cm³/mol. The number of nitrogens with zero attached hydrogens (tertiary/aromatic N) is 6. The Balaban J connectivity index is 1.48. The first-order chi connectivity index (χ1) is 15.0. The number of aromatic nitrogens is 2. The van der Waals surface area contributed by atoms with E-state index >= 15 is 0 Å². The van der Waals surface area contributed by atoms with Crippen molar-refractivity contribution in [2.24, 2.45) is 5.92 Å². The van der Waals surface area contributed by atoms with E-state index in [4.69, 9.17) is 0 Å². The molecular formula is C23H31N7O. The molecule has 2 aromatic rings. The second-order valence-corrected chi connectivity index (χ2v) is 8.96. The normalized spacial score (nSPS) is 24.0. The second kappa shape index (κ2) is 9.16. The van der Waals surface area contributed by atoms with Gasteiger partial charge < -0.3 is 15.1 Å². The molecule has 0 spiro atoms. The Labute approximate surface area is 183 Å². The van der Waals surface area contributed by atoms with E-state index in [1.807, 2.05) is 19.1 Å². The number of piperidine rings is 1. The summed E-state index contributed by atoms with van der Waals surface area (Å²) in [5, 5.41) is 12.7. The van der Waals surface area contributed by atoms with Gasteiger partial charge in [-0.2, -0.15) is 5.26 Å².